The maximum absolute atomic E-state index is 12.5. The number of aliphatic carboxylic acids is 1. The Morgan fingerprint density at radius 1 is 1.24 bits per heavy atom. The van der Waals surface area contributed by atoms with Crippen molar-refractivity contribution in [2.75, 3.05) is 0 Å². The number of rotatable bonds is 3. The van der Waals surface area contributed by atoms with Gasteiger partial charge in [-0.1, -0.05) is 30.3 Å². The summed E-state index contributed by atoms with van der Waals surface area (Å²) in [6.07, 6.45) is -2.62. The lowest BCUT2D eigenvalue weighted by Crippen LogP contribution is -2.00. The second kappa shape index (κ2) is 4.49. The second-order valence-corrected chi connectivity index (χ2v) is 3.77. The number of halogens is 2. The van der Waals surface area contributed by atoms with Gasteiger partial charge in [0.2, 0.25) is 0 Å². The predicted octanol–water partition coefficient (Wildman–Crippen LogP) is 3.40. The molecule has 2 nitrogen and oxygen atoms in total. The standard InChI is InChI=1S/C13H10F2O2/c14-13(15)10-4-5-11-8(6-10)2-1-3-9(11)7-12(16)17/h1-6,13H,7H2,(H,16,17). The van der Waals surface area contributed by atoms with E-state index < -0.39 is 12.4 Å². The van der Waals surface area contributed by atoms with Crippen molar-refractivity contribution in [3.63, 3.8) is 0 Å². The zero-order chi connectivity index (χ0) is 12.4. The first-order valence-corrected chi connectivity index (χ1v) is 5.09. The van der Waals surface area contributed by atoms with Crippen molar-refractivity contribution in [1.29, 1.82) is 0 Å². The fraction of sp³-hybridized carbons (Fsp3) is 0.154. The Morgan fingerprint density at radius 3 is 2.65 bits per heavy atom. The Balaban J connectivity index is 2.54. The molecule has 0 spiro atoms. The summed E-state index contributed by atoms with van der Waals surface area (Å²) in [5.41, 5.74) is 0.584. The van der Waals surface area contributed by atoms with Gasteiger partial charge in [0.25, 0.3) is 6.43 Å². The largest absolute Gasteiger partial charge is 0.481 e. The highest BCUT2D eigenvalue weighted by Gasteiger charge is 2.10. The molecular formula is C13H10F2O2. The van der Waals surface area contributed by atoms with Gasteiger partial charge < -0.3 is 5.11 Å². The van der Waals surface area contributed by atoms with Crippen LogP contribution in [0.4, 0.5) is 8.78 Å². The molecule has 2 aromatic carbocycles. The molecule has 1 N–H and O–H groups in total. The van der Waals surface area contributed by atoms with E-state index in [9.17, 15) is 13.6 Å². The van der Waals surface area contributed by atoms with Crippen molar-refractivity contribution in [3.05, 3.63) is 47.5 Å². The van der Waals surface area contributed by atoms with E-state index in [1.54, 1.807) is 24.3 Å². The number of carboxylic acids is 1. The summed E-state index contributed by atoms with van der Waals surface area (Å²) in [4.78, 5) is 10.7. The number of carboxylic acid groups (broad SMARTS) is 1. The van der Waals surface area contributed by atoms with Gasteiger partial charge in [-0.25, -0.2) is 8.78 Å². The van der Waals surface area contributed by atoms with E-state index in [0.717, 1.165) is 0 Å². The highest BCUT2D eigenvalue weighted by molar-refractivity contribution is 5.89. The maximum atomic E-state index is 12.5. The average molecular weight is 236 g/mol. The Morgan fingerprint density at radius 2 is 2.00 bits per heavy atom. The molecule has 88 valence electrons. The van der Waals surface area contributed by atoms with E-state index >= 15 is 0 Å². The van der Waals surface area contributed by atoms with E-state index in [1.807, 2.05) is 0 Å². The first-order chi connectivity index (χ1) is 8.08. The number of hydrogen-bond donors (Lipinski definition) is 1. The van der Waals surface area contributed by atoms with Crippen LogP contribution in [0.5, 0.6) is 0 Å². The number of benzene rings is 2. The van der Waals surface area contributed by atoms with Crippen LogP contribution in [0, 0.1) is 0 Å². The van der Waals surface area contributed by atoms with E-state index in [-0.39, 0.29) is 12.0 Å². The van der Waals surface area contributed by atoms with Crippen LogP contribution in [0.3, 0.4) is 0 Å². The fourth-order valence-electron chi connectivity index (χ4n) is 1.82. The smallest absolute Gasteiger partial charge is 0.307 e. The van der Waals surface area contributed by atoms with Crippen molar-refractivity contribution in [2.24, 2.45) is 0 Å². The zero-order valence-electron chi connectivity index (χ0n) is 8.86. The third kappa shape index (κ3) is 2.41. The monoisotopic (exact) mass is 236 g/mol. The Bertz CT molecular complexity index is 564. The number of carbonyl (C=O) groups is 1. The van der Waals surface area contributed by atoms with E-state index in [1.165, 1.54) is 12.1 Å². The number of alkyl halides is 2. The lowest BCUT2D eigenvalue weighted by atomic mass is 10.0. The van der Waals surface area contributed by atoms with Crippen LogP contribution in [-0.2, 0) is 11.2 Å². The van der Waals surface area contributed by atoms with Gasteiger partial charge in [-0.3, -0.25) is 4.79 Å². The lowest BCUT2D eigenvalue weighted by molar-refractivity contribution is -0.136. The second-order valence-electron chi connectivity index (χ2n) is 3.77. The SMILES string of the molecule is O=C(O)Cc1cccc2cc(C(F)F)ccc12. The van der Waals surface area contributed by atoms with Gasteiger partial charge in [0, 0.05) is 5.56 Å². The van der Waals surface area contributed by atoms with Crippen molar-refractivity contribution in [3.8, 4) is 0 Å². The average Bonchev–Trinajstić information content (AvgIpc) is 2.28. The summed E-state index contributed by atoms with van der Waals surface area (Å²) in [5, 5.41) is 10.1. The molecule has 0 aliphatic heterocycles. The van der Waals surface area contributed by atoms with Crippen molar-refractivity contribution in [2.45, 2.75) is 12.8 Å². The van der Waals surface area contributed by atoms with Crippen LogP contribution in [0.25, 0.3) is 10.8 Å². The molecule has 0 saturated carbocycles. The normalized spacial score (nSPS) is 11.0. The molecule has 0 aromatic heterocycles. The van der Waals surface area contributed by atoms with Gasteiger partial charge in [-0.15, -0.1) is 0 Å². The summed E-state index contributed by atoms with van der Waals surface area (Å²) in [7, 11) is 0. The number of fused-ring (bicyclic) bond motifs is 1. The quantitative estimate of drug-likeness (QED) is 0.886. The summed E-state index contributed by atoms with van der Waals surface area (Å²) in [5.74, 6) is -0.935. The lowest BCUT2D eigenvalue weighted by Gasteiger charge is -2.06. The molecule has 17 heavy (non-hydrogen) atoms. The van der Waals surface area contributed by atoms with Crippen LogP contribution in [0.2, 0.25) is 0 Å². The molecule has 0 bridgehead atoms. The molecule has 0 saturated heterocycles. The Labute approximate surface area is 96.5 Å². The number of hydrogen-bond acceptors (Lipinski definition) is 1. The van der Waals surface area contributed by atoms with Gasteiger partial charge in [-0.05, 0) is 22.4 Å². The van der Waals surface area contributed by atoms with Crippen molar-refractivity contribution >= 4 is 16.7 Å². The van der Waals surface area contributed by atoms with Crippen LogP contribution >= 0.6 is 0 Å². The molecule has 0 heterocycles. The zero-order valence-corrected chi connectivity index (χ0v) is 8.86. The third-order valence-corrected chi connectivity index (χ3v) is 2.59. The molecule has 0 radical (unpaired) electrons. The van der Waals surface area contributed by atoms with Gasteiger partial charge in [0.15, 0.2) is 0 Å². The van der Waals surface area contributed by atoms with E-state index in [0.29, 0.717) is 16.3 Å². The Hall–Kier alpha value is -1.97. The molecule has 0 aliphatic carbocycles. The minimum atomic E-state index is -2.51. The van der Waals surface area contributed by atoms with Gasteiger partial charge >= 0.3 is 5.97 Å². The predicted molar refractivity (Wildman–Crippen MR) is 60.2 cm³/mol. The van der Waals surface area contributed by atoms with Crippen LogP contribution in [-0.4, -0.2) is 11.1 Å². The van der Waals surface area contributed by atoms with Crippen LogP contribution in [0.1, 0.15) is 17.6 Å². The molecule has 2 rings (SSSR count). The molecule has 0 fully saturated rings. The first kappa shape index (κ1) is 11.5. The molecule has 0 unspecified atom stereocenters. The summed E-state index contributed by atoms with van der Waals surface area (Å²) >= 11 is 0. The maximum Gasteiger partial charge on any atom is 0.307 e. The van der Waals surface area contributed by atoms with Crippen molar-refractivity contribution in [1.82, 2.24) is 0 Å². The minimum Gasteiger partial charge on any atom is -0.481 e. The topological polar surface area (TPSA) is 37.3 Å². The molecule has 2 aromatic rings. The fourth-order valence-corrected chi connectivity index (χ4v) is 1.82. The van der Waals surface area contributed by atoms with Crippen LogP contribution < -0.4 is 0 Å². The Kier molecular flexibility index (Phi) is 3.04. The van der Waals surface area contributed by atoms with Gasteiger partial charge in [-0.2, -0.15) is 0 Å². The third-order valence-electron chi connectivity index (χ3n) is 2.59. The summed E-state index contributed by atoms with van der Waals surface area (Å²) in [6, 6.07) is 9.35. The highest BCUT2D eigenvalue weighted by Crippen LogP contribution is 2.25. The van der Waals surface area contributed by atoms with E-state index in [2.05, 4.69) is 0 Å². The summed E-state index contributed by atoms with van der Waals surface area (Å²) in [6.45, 7) is 0. The van der Waals surface area contributed by atoms with Gasteiger partial charge in [0.05, 0.1) is 6.42 Å². The molecular weight excluding hydrogens is 226 g/mol. The summed E-state index contributed by atoms with van der Waals surface area (Å²) < 4.78 is 25.0. The molecule has 0 atom stereocenters. The molecule has 4 heteroatoms. The van der Waals surface area contributed by atoms with E-state index in [4.69, 9.17) is 5.11 Å². The highest BCUT2D eigenvalue weighted by atomic mass is 19.3. The van der Waals surface area contributed by atoms with Gasteiger partial charge in [0.1, 0.15) is 0 Å². The van der Waals surface area contributed by atoms with Crippen LogP contribution in [0.15, 0.2) is 36.4 Å². The minimum absolute atomic E-state index is 0.0509. The molecule has 0 aliphatic rings. The first-order valence-electron chi connectivity index (χ1n) is 5.09. The molecule has 0 amide bonds. The van der Waals surface area contributed by atoms with Crippen molar-refractivity contribution < 1.29 is 18.7 Å².